The highest BCUT2D eigenvalue weighted by molar-refractivity contribution is 7.45. The zero-order valence-corrected chi connectivity index (χ0v) is 35.1. The Balaban J connectivity index is 4.63. The average molecular weight is 761 g/mol. The highest BCUT2D eigenvalue weighted by Crippen LogP contribution is 2.38. The second kappa shape index (κ2) is 35.4. The predicted octanol–water partition coefficient (Wildman–Crippen LogP) is 10.4. The van der Waals surface area contributed by atoms with Gasteiger partial charge in [0.15, 0.2) is 0 Å². The Morgan fingerprint density at radius 2 is 1.15 bits per heavy atom. The van der Waals surface area contributed by atoms with E-state index < -0.39 is 26.6 Å². The van der Waals surface area contributed by atoms with Crippen LogP contribution in [0.3, 0.4) is 0 Å². The van der Waals surface area contributed by atoms with Crippen molar-refractivity contribution in [3.05, 3.63) is 85.1 Å². The number of aliphatic hydroxyl groups is 1. The van der Waals surface area contributed by atoms with Crippen molar-refractivity contribution < 1.29 is 32.9 Å². The Kier molecular flexibility index (Phi) is 33.8. The lowest BCUT2D eigenvalue weighted by molar-refractivity contribution is -0.870. The molecule has 1 amide bonds. The number of hydrogen-bond acceptors (Lipinski definition) is 6. The number of amides is 1. The second-order valence-electron chi connectivity index (χ2n) is 14.6. The topological polar surface area (TPSA) is 108 Å². The maximum absolute atomic E-state index is 12.8. The van der Waals surface area contributed by atoms with E-state index in [-0.39, 0.29) is 18.9 Å². The predicted molar refractivity (Wildman–Crippen MR) is 223 cm³/mol. The molecule has 53 heavy (non-hydrogen) atoms. The SMILES string of the molecule is CC/C=C\C/C=C\C/C=C\C/C=C\C/C=C\C/C=C\CCC(=O)NC(COP(=O)([O-])OCC[N+](C)(C)C)C(O)/C=C/CCCCCCCCCCCC. The summed E-state index contributed by atoms with van der Waals surface area (Å²) in [5, 5.41) is 13.7. The number of carbonyl (C=O) groups is 1. The molecule has 0 aromatic carbocycles. The van der Waals surface area contributed by atoms with Crippen LogP contribution in [0.2, 0.25) is 0 Å². The lowest BCUT2D eigenvalue weighted by Crippen LogP contribution is -2.45. The number of unbranched alkanes of at least 4 members (excludes halogenated alkanes) is 10. The molecule has 0 aromatic rings. The number of nitrogens with one attached hydrogen (secondary N) is 1. The number of phosphoric acid groups is 1. The van der Waals surface area contributed by atoms with Crippen molar-refractivity contribution in [3.63, 3.8) is 0 Å². The third kappa shape index (κ3) is 37.8. The van der Waals surface area contributed by atoms with Crippen molar-refractivity contribution in [2.75, 3.05) is 40.9 Å². The van der Waals surface area contributed by atoms with Gasteiger partial charge in [-0.05, 0) is 57.8 Å². The molecule has 0 aromatic heterocycles. The first-order chi connectivity index (χ1) is 25.5. The highest BCUT2D eigenvalue weighted by Gasteiger charge is 2.23. The van der Waals surface area contributed by atoms with E-state index in [0.717, 1.165) is 57.8 Å². The van der Waals surface area contributed by atoms with Crippen LogP contribution in [0, 0.1) is 0 Å². The van der Waals surface area contributed by atoms with E-state index in [0.29, 0.717) is 17.4 Å². The lowest BCUT2D eigenvalue weighted by Gasteiger charge is -2.29. The molecule has 0 aliphatic carbocycles. The summed E-state index contributed by atoms with van der Waals surface area (Å²) in [6.45, 7) is 4.43. The van der Waals surface area contributed by atoms with Crippen molar-refractivity contribution >= 4 is 13.7 Å². The number of likely N-dealkylation sites (N-methyl/N-ethyl adjacent to an activating group) is 1. The smallest absolute Gasteiger partial charge is 0.268 e. The van der Waals surface area contributed by atoms with Crippen molar-refractivity contribution in [1.29, 1.82) is 0 Å². The Morgan fingerprint density at radius 1 is 0.679 bits per heavy atom. The van der Waals surface area contributed by atoms with E-state index in [2.05, 4.69) is 79.9 Å². The van der Waals surface area contributed by atoms with Crippen LogP contribution in [0.4, 0.5) is 0 Å². The standard InChI is InChI=1S/C44H77N2O6P/c1-6-8-10-12-14-16-18-20-21-22-23-24-25-26-28-30-32-34-36-38-44(48)45-42(41-52-53(49,50)51-40-39-46(3,4)5)43(47)37-35-33-31-29-27-19-17-15-13-11-9-7-2/h8,10,14,16,20-21,23-24,26,28,32,34-35,37,42-43,47H,6-7,9,11-13,15,17-19,22,25,27,29-31,33,36,38-41H2,1-5H3,(H-,45,48,49,50)/b10-8-,16-14-,21-20-,24-23-,28-26-,34-32-,37-35+. The van der Waals surface area contributed by atoms with Crippen LogP contribution in [0.1, 0.15) is 136 Å². The van der Waals surface area contributed by atoms with E-state index in [9.17, 15) is 19.4 Å². The summed E-state index contributed by atoms with van der Waals surface area (Å²) >= 11 is 0. The summed E-state index contributed by atoms with van der Waals surface area (Å²) in [6.07, 6.45) is 47.8. The minimum absolute atomic E-state index is 0.0193. The third-order valence-corrected chi connectivity index (χ3v) is 9.34. The lowest BCUT2D eigenvalue weighted by atomic mass is 10.1. The van der Waals surface area contributed by atoms with Gasteiger partial charge in [-0.15, -0.1) is 0 Å². The van der Waals surface area contributed by atoms with Crippen LogP contribution in [0.5, 0.6) is 0 Å². The summed E-state index contributed by atoms with van der Waals surface area (Å²) < 4.78 is 23.1. The van der Waals surface area contributed by atoms with Crippen LogP contribution in [0.25, 0.3) is 0 Å². The maximum atomic E-state index is 12.8. The largest absolute Gasteiger partial charge is 0.756 e. The monoisotopic (exact) mass is 761 g/mol. The molecule has 0 radical (unpaired) electrons. The molecule has 8 nitrogen and oxygen atoms in total. The number of aliphatic hydroxyl groups excluding tert-OH is 1. The third-order valence-electron chi connectivity index (χ3n) is 8.37. The molecule has 0 heterocycles. The van der Waals surface area contributed by atoms with Crippen molar-refractivity contribution in [3.8, 4) is 0 Å². The number of quaternary nitrogens is 1. The van der Waals surface area contributed by atoms with E-state index in [4.69, 9.17) is 9.05 Å². The number of allylic oxidation sites excluding steroid dienone is 13. The molecule has 0 saturated carbocycles. The number of phosphoric ester groups is 1. The van der Waals surface area contributed by atoms with Gasteiger partial charge in [0.05, 0.1) is 39.9 Å². The van der Waals surface area contributed by atoms with Crippen LogP contribution in [-0.4, -0.2) is 68.5 Å². The van der Waals surface area contributed by atoms with Gasteiger partial charge in [-0.1, -0.05) is 157 Å². The fourth-order valence-corrected chi connectivity index (χ4v) is 5.84. The van der Waals surface area contributed by atoms with Gasteiger partial charge < -0.3 is 28.8 Å². The van der Waals surface area contributed by atoms with Gasteiger partial charge >= 0.3 is 0 Å². The summed E-state index contributed by atoms with van der Waals surface area (Å²) in [6, 6.07) is -0.930. The van der Waals surface area contributed by atoms with Crippen LogP contribution < -0.4 is 10.2 Å². The molecule has 0 spiro atoms. The Hall–Kier alpha value is -2.32. The average Bonchev–Trinajstić information content (AvgIpc) is 3.10. The normalized spacial score (nSPS) is 15.4. The van der Waals surface area contributed by atoms with E-state index in [1.165, 1.54) is 51.4 Å². The molecule has 3 unspecified atom stereocenters. The summed E-state index contributed by atoms with van der Waals surface area (Å²) in [5.74, 6) is -0.285. The molecule has 0 saturated heterocycles. The molecule has 304 valence electrons. The van der Waals surface area contributed by atoms with E-state index >= 15 is 0 Å². The molecule has 9 heteroatoms. The minimum atomic E-state index is -4.61. The van der Waals surface area contributed by atoms with Crippen LogP contribution in [-0.2, 0) is 18.4 Å². The number of rotatable bonds is 35. The van der Waals surface area contributed by atoms with Crippen molar-refractivity contribution in [2.45, 2.75) is 148 Å². The summed E-state index contributed by atoms with van der Waals surface area (Å²) in [4.78, 5) is 25.2. The first-order valence-corrected chi connectivity index (χ1v) is 21.9. The molecule has 0 aliphatic heterocycles. The second-order valence-corrected chi connectivity index (χ2v) is 16.0. The number of nitrogens with zero attached hydrogens (tertiary/aromatic N) is 1. The van der Waals surface area contributed by atoms with E-state index in [1.807, 2.05) is 39.4 Å². The molecule has 0 bridgehead atoms. The van der Waals surface area contributed by atoms with Crippen LogP contribution >= 0.6 is 7.82 Å². The summed E-state index contributed by atoms with van der Waals surface area (Å²) in [7, 11) is 1.20. The number of carbonyl (C=O) groups excluding carboxylic acids is 1. The van der Waals surface area contributed by atoms with Gasteiger partial charge in [-0.3, -0.25) is 9.36 Å². The molecule has 3 atom stereocenters. The Bertz CT molecular complexity index is 1140. The molecule has 0 aliphatic rings. The molecule has 2 N–H and O–H groups in total. The van der Waals surface area contributed by atoms with Gasteiger partial charge in [0.2, 0.25) is 5.91 Å². The zero-order valence-electron chi connectivity index (χ0n) is 34.2. The Morgan fingerprint density at radius 3 is 1.64 bits per heavy atom. The minimum Gasteiger partial charge on any atom is -0.756 e. The first kappa shape index (κ1) is 50.7. The van der Waals surface area contributed by atoms with Gasteiger partial charge in [0.25, 0.3) is 7.82 Å². The highest BCUT2D eigenvalue weighted by atomic mass is 31.2. The molecular formula is C44H77N2O6P. The fraction of sp³-hybridized carbons (Fsp3) is 0.659. The van der Waals surface area contributed by atoms with Gasteiger partial charge in [-0.25, -0.2) is 0 Å². The van der Waals surface area contributed by atoms with Gasteiger partial charge in [0, 0.05) is 6.42 Å². The van der Waals surface area contributed by atoms with Crippen molar-refractivity contribution in [1.82, 2.24) is 5.32 Å². The number of hydrogen-bond donors (Lipinski definition) is 2. The Labute approximate surface area is 325 Å². The molecule has 0 fully saturated rings. The molecule has 0 rings (SSSR count). The summed E-state index contributed by atoms with van der Waals surface area (Å²) in [5.41, 5.74) is 0. The first-order valence-electron chi connectivity index (χ1n) is 20.4. The molecular weight excluding hydrogens is 683 g/mol. The quantitative estimate of drug-likeness (QED) is 0.0288. The fourth-order valence-electron chi connectivity index (χ4n) is 5.11. The van der Waals surface area contributed by atoms with Gasteiger partial charge in [0.1, 0.15) is 13.2 Å². The van der Waals surface area contributed by atoms with E-state index in [1.54, 1.807) is 6.08 Å². The maximum Gasteiger partial charge on any atom is 0.268 e. The van der Waals surface area contributed by atoms with Crippen molar-refractivity contribution in [2.24, 2.45) is 0 Å². The van der Waals surface area contributed by atoms with Crippen LogP contribution in [0.15, 0.2) is 85.1 Å². The zero-order chi connectivity index (χ0) is 39.3. The van der Waals surface area contributed by atoms with Gasteiger partial charge in [-0.2, -0.15) is 0 Å².